The molecule has 0 radical (unpaired) electrons. The third kappa shape index (κ3) is 5.27. The fraction of sp³-hybridized carbons (Fsp3) is 0.136. The Labute approximate surface area is 178 Å². The largest absolute Gasteiger partial charge is 0.497 e. The maximum Gasteiger partial charge on any atom is 0.268 e. The molecule has 3 aromatic rings. The monoisotopic (exact) mass is 425 g/mol. The van der Waals surface area contributed by atoms with Gasteiger partial charge in [0.05, 0.1) is 7.11 Å². The van der Waals surface area contributed by atoms with E-state index in [1.165, 1.54) is 25.3 Å². The molecule has 0 bridgehead atoms. The first kappa shape index (κ1) is 21.1. The number of carbonyl (C=O) groups is 2. The van der Waals surface area contributed by atoms with E-state index in [1.54, 1.807) is 42.5 Å². The number of aromatic nitrogens is 1. The molecule has 0 spiro atoms. The Morgan fingerprint density at radius 1 is 1.03 bits per heavy atom. The van der Waals surface area contributed by atoms with Crippen molar-refractivity contribution in [2.45, 2.75) is 13.1 Å². The molecular formula is C22H20ClN3O4. The van der Waals surface area contributed by atoms with Gasteiger partial charge in [-0.15, -0.1) is 0 Å². The lowest BCUT2D eigenvalue weighted by atomic mass is 10.2. The molecule has 0 aliphatic heterocycles. The van der Waals surface area contributed by atoms with Crippen LogP contribution in [0.1, 0.15) is 16.1 Å². The molecule has 0 fully saturated rings. The highest BCUT2D eigenvalue weighted by atomic mass is 35.5. The van der Waals surface area contributed by atoms with Crippen molar-refractivity contribution in [1.29, 1.82) is 0 Å². The summed E-state index contributed by atoms with van der Waals surface area (Å²) >= 11 is 6.11. The summed E-state index contributed by atoms with van der Waals surface area (Å²) < 4.78 is 6.25. The second kappa shape index (κ2) is 9.76. The minimum Gasteiger partial charge on any atom is -0.497 e. The zero-order valence-corrected chi connectivity index (χ0v) is 17.0. The van der Waals surface area contributed by atoms with Crippen molar-refractivity contribution < 1.29 is 14.3 Å². The highest BCUT2D eigenvalue weighted by Gasteiger charge is 2.15. The third-order valence-corrected chi connectivity index (χ3v) is 4.70. The molecular weight excluding hydrogens is 406 g/mol. The second-order valence-electron chi connectivity index (χ2n) is 6.39. The molecule has 0 unspecified atom stereocenters. The van der Waals surface area contributed by atoms with E-state index < -0.39 is 17.4 Å². The normalized spacial score (nSPS) is 10.3. The minimum absolute atomic E-state index is 0.0790. The van der Waals surface area contributed by atoms with Gasteiger partial charge in [-0.2, -0.15) is 0 Å². The molecule has 0 aliphatic carbocycles. The van der Waals surface area contributed by atoms with E-state index >= 15 is 0 Å². The summed E-state index contributed by atoms with van der Waals surface area (Å²) in [6.45, 7) is -0.122. The van der Waals surface area contributed by atoms with Gasteiger partial charge in [0.25, 0.3) is 11.5 Å². The molecule has 2 N–H and O–H groups in total. The van der Waals surface area contributed by atoms with Crippen LogP contribution in [0.3, 0.4) is 0 Å². The van der Waals surface area contributed by atoms with Crippen LogP contribution >= 0.6 is 11.6 Å². The molecule has 2 amide bonds. The smallest absolute Gasteiger partial charge is 0.268 e. The van der Waals surface area contributed by atoms with Gasteiger partial charge in [0.1, 0.15) is 18.0 Å². The van der Waals surface area contributed by atoms with E-state index in [9.17, 15) is 14.4 Å². The van der Waals surface area contributed by atoms with Gasteiger partial charge in [-0.1, -0.05) is 41.9 Å². The lowest BCUT2D eigenvalue weighted by Gasteiger charge is -2.13. The lowest BCUT2D eigenvalue weighted by Crippen LogP contribution is -2.34. The second-order valence-corrected chi connectivity index (χ2v) is 6.80. The summed E-state index contributed by atoms with van der Waals surface area (Å²) in [7, 11) is 1.53. The maximum atomic E-state index is 12.7. The highest BCUT2D eigenvalue weighted by molar-refractivity contribution is 6.31. The summed E-state index contributed by atoms with van der Waals surface area (Å²) in [5.74, 6) is -0.345. The molecule has 2 aromatic carbocycles. The van der Waals surface area contributed by atoms with Crippen molar-refractivity contribution in [2.75, 3.05) is 12.4 Å². The predicted molar refractivity (Wildman–Crippen MR) is 115 cm³/mol. The molecule has 1 aromatic heterocycles. The fourth-order valence-electron chi connectivity index (χ4n) is 2.83. The number of hydrogen-bond donors (Lipinski definition) is 2. The molecule has 30 heavy (non-hydrogen) atoms. The molecule has 0 saturated carbocycles. The van der Waals surface area contributed by atoms with Crippen molar-refractivity contribution in [2.24, 2.45) is 0 Å². The average Bonchev–Trinajstić information content (AvgIpc) is 2.74. The topological polar surface area (TPSA) is 89.4 Å². The van der Waals surface area contributed by atoms with Gasteiger partial charge in [0, 0.05) is 29.4 Å². The molecule has 3 rings (SSSR count). The van der Waals surface area contributed by atoms with Crippen LogP contribution in [0.25, 0.3) is 0 Å². The van der Waals surface area contributed by atoms with Crippen molar-refractivity contribution in [3.8, 4) is 5.75 Å². The quantitative estimate of drug-likeness (QED) is 0.608. The number of hydrogen-bond acceptors (Lipinski definition) is 4. The highest BCUT2D eigenvalue weighted by Crippen LogP contribution is 2.17. The standard InChI is InChI=1S/C22H20ClN3O4/c1-30-17-8-4-7-16(12-17)25-20(27)14-26-19(10-5-11-21(26)28)22(29)24-13-15-6-2-3-9-18(15)23/h2-12H,13-14H2,1H3,(H,24,29)(H,25,27). The SMILES string of the molecule is COc1cccc(NC(=O)Cn2c(C(=O)NCc3ccccc3Cl)cccc2=O)c1. The van der Waals surface area contributed by atoms with Crippen LogP contribution in [0.4, 0.5) is 5.69 Å². The summed E-state index contributed by atoms with van der Waals surface area (Å²) in [6, 6.07) is 18.2. The van der Waals surface area contributed by atoms with Gasteiger partial charge in [-0.05, 0) is 29.8 Å². The number of ether oxygens (including phenoxy) is 1. The van der Waals surface area contributed by atoms with Crippen LogP contribution in [0.5, 0.6) is 5.75 Å². The Balaban J connectivity index is 1.73. The van der Waals surface area contributed by atoms with Crippen LogP contribution in [0, 0.1) is 0 Å². The van der Waals surface area contributed by atoms with Crippen LogP contribution in [-0.4, -0.2) is 23.5 Å². The van der Waals surface area contributed by atoms with E-state index in [0.29, 0.717) is 16.5 Å². The Bertz CT molecular complexity index is 1130. The van der Waals surface area contributed by atoms with Crippen LogP contribution in [-0.2, 0) is 17.9 Å². The first-order valence-corrected chi connectivity index (χ1v) is 9.51. The van der Waals surface area contributed by atoms with Crippen molar-refractivity contribution >= 4 is 29.1 Å². The molecule has 7 nitrogen and oxygen atoms in total. The summed E-state index contributed by atoms with van der Waals surface area (Å²) in [4.78, 5) is 37.5. The third-order valence-electron chi connectivity index (χ3n) is 4.33. The molecule has 0 aliphatic rings. The Morgan fingerprint density at radius 2 is 1.80 bits per heavy atom. The Kier molecular flexibility index (Phi) is 6.87. The molecule has 154 valence electrons. The van der Waals surface area contributed by atoms with E-state index in [0.717, 1.165) is 10.1 Å². The average molecular weight is 426 g/mol. The first-order chi connectivity index (χ1) is 14.5. The number of rotatable bonds is 7. The van der Waals surface area contributed by atoms with Gasteiger partial charge in [-0.25, -0.2) is 0 Å². The summed E-state index contributed by atoms with van der Waals surface area (Å²) in [5.41, 5.74) is 0.887. The summed E-state index contributed by atoms with van der Waals surface area (Å²) in [5, 5.41) is 5.95. The van der Waals surface area contributed by atoms with Gasteiger partial charge < -0.3 is 15.4 Å². The van der Waals surface area contributed by atoms with Gasteiger partial charge in [0.15, 0.2) is 0 Å². The van der Waals surface area contributed by atoms with E-state index in [1.807, 2.05) is 6.07 Å². The number of halogens is 1. The number of methoxy groups -OCH3 is 1. The minimum atomic E-state index is -0.484. The Hall–Kier alpha value is -3.58. The number of nitrogens with one attached hydrogen (secondary N) is 2. The van der Waals surface area contributed by atoms with Crippen LogP contribution in [0.15, 0.2) is 71.5 Å². The Morgan fingerprint density at radius 3 is 2.57 bits per heavy atom. The van der Waals surface area contributed by atoms with Crippen molar-refractivity contribution in [1.82, 2.24) is 9.88 Å². The molecule has 1 heterocycles. The lowest BCUT2D eigenvalue weighted by molar-refractivity contribution is -0.116. The van der Waals surface area contributed by atoms with E-state index in [4.69, 9.17) is 16.3 Å². The number of benzene rings is 2. The van der Waals surface area contributed by atoms with Gasteiger partial charge in [0.2, 0.25) is 5.91 Å². The number of amides is 2. The molecule has 0 atom stereocenters. The zero-order valence-electron chi connectivity index (χ0n) is 16.2. The number of pyridine rings is 1. The van der Waals surface area contributed by atoms with E-state index in [2.05, 4.69) is 10.6 Å². The van der Waals surface area contributed by atoms with Crippen molar-refractivity contribution in [3.63, 3.8) is 0 Å². The number of nitrogens with zero attached hydrogens (tertiary/aromatic N) is 1. The predicted octanol–water partition coefficient (Wildman–Crippen LogP) is 3.08. The van der Waals surface area contributed by atoms with Crippen molar-refractivity contribution in [3.05, 3.63) is 93.4 Å². The number of carbonyl (C=O) groups excluding carboxylic acids is 2. The summed E-state index contributed by atoms with van der Waals surface area (Å²) in [6.07, 6.45) is 0. The number of anilines is 1. The fourth-order valence-corrected chi connectivity index (χ4v) is 3.04. The molecule has 8 heteroatoms. The maximum absolute atomic E-state index is 12.7. The van der Waals surface area contributed by atoms with E-state index in [-0.39, 0.29) is 18.8 Å². The van der Waals surface area contributed by atoms with Gasteiger partial charge in [-0.3, -0.25) is 19.0 Å². The molecule has 0 saturated heterocycles. The first-order valence-electron chi connectivity index (χ1n) is 9.13. The van der Waals surface area contributed by atoms with Crippen LogP contribution < -0.4 is 20.9 Å². The van der Waals surface area contributed by atoms with Gasteiger partial charge >= 0.3 is 0 Å². The zero-order chi connectivity index (χ0) is 21.5. The van der Waals surface area contributed by atoms with Crippen LogP contribution in [0.2, 0.25) is 5.02 Å².